The Balaban J connectivity index is 1.35. The summed E-state index contributed by atoms with van der Waals surface area (Å²) in [5.41, 5.74) is 3.19. The summed E-state index contributed by atoms with van der Waals surface area (Å²) in [5.74, 6) is -1.04. The number of amides is 1. The number of rotatable bonds is 7. The minimum atomic E-state index is -3.82. The molecule has 0 atom stereocenters. The van der Waals surface area contributed by atoms with E-state index in [0.717, 1.165) is 17.5 Å². The van der Waals surface area contributed by atoms with E-state index in [-0.39, 0.29) is 22.9 Å². The van der Waals surface area contributed by atoms with Crippen LogP contribution in [0.5, 0.6) is 0 Å². The lowest BCUT2D eigenvalue weighted by atomic mass is 10.00. The highest BCUT2D eigenvalue weighted by molar-refractivity contribution is 7.89. The van der Waals surface area contributed by atoms with Crippen LogP contribution in [-0.4, -0.2) is 38.3 Å². The number of hydrogen-bond donors (Lipinski definition) is 1. The molecular formula is C25H24N2O5S. The summed E-state index contributed by atoms with van der Waals surface area (Å²) in [4.78, 5) is 26.6. The average molecular weight is 465 g/mol. The molecule has 4 rings (SSSR count). The first kappa shape index (κ1) is 22.7. The quantitative estimate of drug-likeness (QED) is 0.543. The number of nitrogens with one attached hydrogen (secondary N) is 1. The van der Waals surface area contributed by atoms with Gasteiger partial charge in [-0.1, -0.05) is 60.7 Å². The van der Waals surface area contributed by atoms with Crippen LogP contribution in [0, 0.1) is 0 Å². The number of carbonyl (C=O) groups is 2. The van der Waals surface area contributed by atoms with Gasteiger partial charge in [0.1, 0.15) is 0 Å². The van der Waals surface area contributed by atoms with Gasteiger partial charge in [0, 0.05) is 19.6 Å². The van der Waals surface area contributed by atoms with Gasteiger partial charge < -0.3 is 9.64 Å². The van der Waals surface area contributed by atoms with Crippen molar-refractivity contribution in [3.63, 3.8) is 0 Å². The molecule has 1 N–H and O–H groups in total. The van der Waals surface area contributed by atoms with Crippen LogP contribution in [0.1, 0.15) is 27.0 Å². The fraction of sp³-hybridized carbons (Fsp3) is 0.200. The molecule has 33 heavy (non-hydrogen) atoms. The molecule has 170 valence electrons. The Labute approximate surface area is 193 Å². The van der Waals surface area contributed by atoms with E-state index in [1.807, 2.05) is 54.6 Å². The monoisotopic (exact) mass is 464 g/mol. The van der Waals surface area contributed by atoms with Crippen molar-refractivity contribution in [3.8, 4) is 0 Å². The van der Waals surface area contributed by atoms with Gasteiger partial charge in [-0.15, -0.1) is 0 Å². The summed E-state index contributed by atoms with van der Waals surface area (Å²) >= 11 is 0. The summed E-state index contributed by atoms with van der Waals surface area (Å²) in [6.45, 7) is 0.775. The third-order valence-corrected chi connectivity index (χ3v) is 6.90. The van der Waals surface area contributed by atoms with Gasteiger partial charge in [0.15, 0.2) is 6.61 Å². The lowest BCUT2D eigenvalue weighted by molar-refractivity contribution is -0.135. The first-order valence-corrected chi connectivity index (χ1v) is 12.1. The van der Waals surface area contributed by atoms with Crippen LogP contribution in [-0.2, 0) is 39.1 Å². The van der Waals surface area contributed by atoms with E-state index in [9.17, 15) is 18.0 Å². The molecule has 1 amide bonds. The summed E-state index contributed by atoms with van der Waals surface area (Å²) in [6.07, 6.45) is 0.756. The molecule has 1 heterocycles. The molecular weight excluding hydrogens is 440 g/mol. The first-order chi connectivity index (χ1) is 15.9. The molecule has 0 unspecified atom stereocenters. The van der Waals surface area contributed by atoms with Crippen LogP contribution in [0.3, 0.4) is 0 Å². The summed E-state index contributed by atoms with van der Waals surface area (Å²) in [7, 11) is -3.82. The van der Waals surface area contributed by atoms with Gasteiger partial charge in [0.05, 0.1) is 10.5 Å². The van der Waals surface area contributed by atoms with Gasteiger partial charge in [-0.3, -0.25) is 4.79 Å². The topological polar surface area (TPSA) is 92.8 Å². The molecule has 0 saturated heterocycles. The molecule has 3 aromatic rings. The number of ether oxygens (including phenoxy) is 1. The largest absolute Gasteiger partial charge is 0.452 e. The summed E-state index contributed by atoms with van der Waals surface area (Å²) in [6, 6.07) is 22.6. The van der Waals surface area contributed by atoms with Gasteiger partial charge in [-0.2, -0.15) is 0 Å². The van der Waals surface area contributed by atoms with Crippen molar-refractivity contribution in [3.05, 3.63) is 101 Å². The van der Waals surface area contributed by atoms with Gasteiger partial charge in [-0.05, 0) is 41.3 Å². The van der Waals surface area contributed by atoms with Gasteiger partial charge >= 0.3 is 5.97 Å². The van der Waals surface area contributed by atoms with Crippen LogP contribution in [0.4, 0.5) is 0 Å². The molecule has 1 aliphatic heterocycles. The number of esters is 1. The number of benzene rings is 3. The maximum atomic E-state index is 12.6. The van der Waals surface area contributed by atoms with Crippen molar-refractivity contribution in [2.24, 2.45) is 0 Å². The summed E-state index contributed by atoms with van der Waals surface area (Å²) < 4.78 is 33.0. The van der Waals surface area contributed by atoms with E-state index in [2.05, 4.69) is 4.72 Å². The van der Waals surface area contributed by atoms with Crippen molar-refractivity contribution >= 4 is 21.9 Å². The van der Waals surface area contributed by atoms with Gasteiger partial charge in [-0.25, -0.2) is 17.9 Å². The zero-order valence-electron chi connectivity index (χ0n) is 17.9. The second kappa shape index (κ2) is 9.97. The first-order valence-electron chi connectivity index (χ1n) is 10.6. The zero-order valence-corrected chi connectivity index (χ0v) is 18.8. The Hall–Kier alpha value is -3.49. The Morgan fingerprint density at radius 1 is 0.909 bits per heavy atom. The van der Waals surface area contributed by atoms with E-state index in [0.29, 0.717) is 13.1 Å². The molecule has 0 radical (unpaired) electrons. The third-order valence-electron chi connectivity index (χ3n) is 5.50. The molecule has 0 spiro atoms. The minimum Gasteiger partial charge on any atom is -0.452 e. The molecule has 1 aliphatic rings. The van der Waals surface area contributed by atoms with E-state index in [1.54, 1.807) is 4.90 Å². The lowest BCUT2D eigenvalue weighted by Crippen LogP contribution is -2.38. The fourth-order valence-electron chi connectivity index (χ4n) is 3.66. The standard InChI is InChI=1S/C25H24N2O5S/c28-24(27-14-13-20-9-4-5-10-22(20)17-27)18-32-25(29)21-11-6-12-23(15-21)33(30,31)26-16-19-7-2-1-3-8-19/h1-12,15,26H,13-14,16-18H2. The second-order valence-corrected chi connectivity index (χ2v) is 9.52. The molecule has 0 bridgehead atoms. The summed E-state index contributed by atoms with van der Waals surface area (Å²) in [5, 5.41) is 0. The Kier molecular flexibility index (Phi) is 6.86. The SMILES string of the molecule is O=C(OCC(=O)N1CCc2ccccc2C1)c1cccc(S(=O)(=O)NCc2ccccc2)c1. The highest BCUT2D eigenvalue weighted by Gasteiger charge is 2.22. The van der Waals surface area contributed by atoms with Gasteiger partial charge in [0.25, 0.3) is 5.91 Å². The number of fused-ring (bicyclic) bond motifs is 1. The second-order valence-electron chi connectivity index (χ2n) is 7.75. The third kappa shape index (κ3) is 5.66. The van der Waals surface area contributed by atoms with Crippen molar-refractivity contribution in [2.75, 3.05) is 13.2 Å². The van der Waals surface area contributed by atoms with E-state index < -0.39 is 22.6 Å². The predicted octanol–water partition coefficient (Wildman–Crippen LogP) is 2.91. The highest BCUT2D eigenvalue weighted by Crippen LogP contribution is 2.19. The molecule has 0 aliphatic carbocycles. The predicted molar refractivity (Wildman–Crippen MR) is 123 cm³/mol. The number of carbonyl (C=O) groups excluding carboxylic acids is 2. The van der Waals surface area contributed by atoms with Crippen molar-refractivity contribution < 1.29 is 22.7 Å². The number of hydrogen-bond acceptors (Lipinski definition) is 5. The molecule has 0 saturated carbocycles. The van der Waals surface area contributed by atoms with Crippen LogP contribution < -0.4 is 4.72 Å². The van der Waals surface area contributed by atoms with E-state index in [4.69, 9.17) is 4.74 Å². The van der Waals surface area contributed by atoms with Gasteiger partial charge in [0.2, 0.25) is 10.0 Å². The zero-order chi connectivity index (χ0) is 23.3. The smallest absolute Gasteiger partial charge is 0.338 e. The van der Waals surface area contributed by atoms with Crippen LogP contribution in [0.25, 0.3) is 0 Å². The van der Waals surface area contributed by atoms with Crippen molar-refractivity contribution in [1.29, 1.82) is 0 Å². The molecule has 7 nitrogen and oxygen atoms in total. The van der Waals surface area contributed by atoms with Crippen molar-refractivity contribution in [2.45, 2.75) is 24.4 Å². The maximum Gasteiger partial charge on any atom is 0.338 e. The molecule has 0 fully saturated rings. The highest BCUT2D eigenvalue weighted by atomic mass is 32.2. The molecule has 3 aromatic carbocycles. The van der Waals surface area contributed by atoms with E-state index in [1.165, 1.54) is 29.8 Å². The number of sulfonamides is 1. The van der Waals surface area contributed by atoms with Crippen LogP contribution in [0.15, 0.2) is 83.8 Å². The average Bonchev–Trinajstić information content (AvgIpc) is 2.86. The minimum absolute atomic E-state index is 0.0492. The van der Waals surface area contributed by atoms with Crippen LogP contribution >= 0.6 is 0 Å². The normalized spacial score (nSPS) is 13.3. The Bertz CT molecular complexity index is 1260. The Morgan fingerprint density at radius 3 is 2.42 bits per heavy atom. The van der Waals surface area contributed by atoms with E-state index >= 15 is 0 Å². The number of nitrogens with zero attached hydrogens (tertiary/aromatic N) is 1. The van der Waals surface area contributed by atoms with Crippen LogP contribution in [0.2, 0.25) is 0 Å². The fourth-order valence-corrected chi connectivity index (χ4v) is 4.72. The maximum absolute atomic E-state index is 12.6. The Morgan fingerprint density at radius 2 is 1.64 bits per heavy atom. The lowest BCUT2D eigenvalue weighted by Gasteiger charge is -2.28. The van der Waals surface area contributed by atoms with Crippen molar-refractivity contribution in [1.82, 2.24) is 9.62 Å². The molecule has 0 aromatic heterocycles. The molecule has 8 heteroatoms.